The number of urea groups is 1. The van der Waals surface area contributed by atoms with Gasteiger partial charge in [-0.25, -0.2) is 4.79 Å². The lowest BCUT2D eigenvalue weighted by Gasteiger charge is -2.31. The number of hydrogen-bond donors (Lipinski definition) is 1. The highest BCUT2D eigenvalue weighted by atomic mass is 16.5. The summed E-state index contributed by atoms with van der Waals surface area (Å²) in [4.78, 5) is 14.1. The minimum absolute atomic E-state index is 0.0290. The van der Waals surface area contributed by atoms with Crippen molar-refractivity contribution < 1.29 is 9.53 Å². The molecule has 0 aliphatic carbocycles. The van der Waals surface area contributed by atoms with E-state index in [1.165, 1.54) is 6.42 Å². The van der Waals surface area contributed by atoms with Crippen molar-refractivity contribution in [1.82, 2.24) is 4.90 Å². The number of likely N-dealkylation sites (tertiary alicyclic amines) is 1. The van der Waals surface area contributed by atoms with Gasteiger partial charge in [-0.1, -0.05) is 19.1 Å². The normalized spacial score (nSPS) is 19.1. The predicted molar refractivity (Wildman–Crippen MR) is 76.6 cm³/mol. The summed E-state index contributed by atoms with van der Waals surface area (Å²) in [5.41, 5.74) is 0.743. The van der Waals surface area contributed by atoms with E-state index in [0.717, 1.165) is 30.9 Å². The van der Waals surface area contributed by atoms with E-state index < -0.39 is 0 Å². The van der Waals surface area contributed by atoms with Crippen LogP contribution in [0.2, 0.25) is 0 Å². The van der Waals surface area contributed by atoms with Gasteiger partial charge in [0.25, 0.3) is 0 Å². The first-order chi connectivity index (χ1) is 9.20. The molecule has 1 aliphatic rings. The summed E-state index contributed by atoms with van der Waals surface area (Å²) in [5.74, 6) is 1.31. The molecule has 1 unspecified atom stereocenters. The van der Waals surface area contributed by atoms with Crippen LogP contribution in [0.5, 0.6) is 5.75 Å². The van der Waals surface area contributed by atoms with Crippen molar-refractivity contribution in [2.75, 3.05) is 25.0 Å². The third kappa shape index (κ3) is 3.63. The van der Waals surface area contributed by atoms with Gasteiger partial charge < -0.3 is 15.0 Å². The largest absolute Gasteiger partial charge is 0.492 e. The van der Waals surface area contributed by atoms with Gasteiger partial charge in [0, 0.05) is 13.1 Å². The maximum Gasteiger partial charge on any atom is 0.321 e. The molecule has 1 aromatic rings. The summed E-state index contributed by atoms with van der Waals surface area (Å²) in [6, 6.07) is 7.52. The lowest BCUT2D eigenvalue weighted by molar-refractivity contribution is 0.182. The predicted octanol–water partition coefficient (Wildman–Crippen LogP) is 3.35. The maximum absolute atomic E-state index is 12.2. The molecule has 19 heavy (non-hydrogen) atoms. The summed E-state index contributed by atoms with van der Waals surface area (Å²) in [6.07, 6.45) is 2.29. The van der Waals surface area contributed by atoms with E-state index in [2.05, 4.69) is 12.2 Å². The number of hydrogen-bond acceptors (Lipinski definition) is 2. The number of carbonyl (C=O) groups is 1. The third-order valence-corrected chi connectivity index (χ3v) is 3.37. The SMILES string of the molecule is CCOc1ccccc1NC(=O)N1CCCC(C)C1. The van der Waals surface area contributed by atoms with Crippen LogP contribution in [0.15, 0.2) is 24.3 Å². The van der Waals surface area contributed by atoms with Crippen LogP contribution in [0.1, 0.15) is 26.7 Å². The third-order valence-electron chi connectivity index (χ3n) is 3.37. The molecule has 1 N–H and O–H groups in total. The van der Waals surface area contributed by atoms with Gasteiger partial charge in [0.05, 0.1) is 12.3 Å². The van der Waals surface area contributed by atoms with Crippen molar-refractivity contribution in [2.24, 2.45) is 5.92 Å². The van der Waals surface area contributed by atoms with Gasteiger partial charge in [-0.05, 0) is 37.8 Å². The lowest BCUT2D eigenvalue weighted by Crippen LogP contribution is -2.41. The molecule has 0 saturated carbocycles. The zero-order valence-electron chi connectivity index (χ0n) is 11.7. The number of piperidine rings is 1. The average molecular weight is 262 g/mol. The first-order valence-corrected chi connectivity index (χ1v) is 6.98. The Balaban J connectivity index is 2.02. The van der Waals surface area contributed by atoms with Gasteiger partial charge in [-0.2, -0.15) is 0 Å². The molecule has 1 heterocycles. The number of rotatable bonds is 3. The van der Waals surface area contributed by atoms with Gasteiger partial charge in [-0.15, -0.1) is 0 Å². The highest BCUT2D eigenvalue weighted by Crippen LogP contribution is 2.24. The van der Waals surface area contributed by atoms with E-state index in [0.29, 0.717) is 12.5 Å². The second-order valence-electron chi connectivity index (χ2n) is 5.05. The molecule has 1 saturated heterocycles. The van der Waals surface area contributed by atoms with Crippen LogP contribution in [-0.2, 0) is 0 Å². The molecular formula is C15H22N2O2. The Morgan fingerprint density at radius 2 is 2.26 bits per heavy atom. The molecule has 2 amide bonds. The van der Waals surface area contributed by atoms with E-state index >= 15 is 0 Å². The van der Waals surface area contributed by atoms with E-state index in [9.17, 15) is 4.79 Å². The molecule has 4 nitrogen and oxygen atoms in total. The summed E-state index contributed by atoms with van der Waals surface area (Å²) >= 11 is 0. The van der Waals surface area contributed by atoms with Crippen LogP contribution >= 0.6 is 0 Å². The van der Waals surface area contributed by atoms with Crippen LogP contribution in [0.3, 0.4) is 0 Å². The zero-order chi connectivity index (χ0) is 13.7. The topological polar surface area (TPSA) is 41.6 Å². The Morgan fingerprint density at radius 1 is 1.47 bits per heavy atom. The van der Waals surface area contributed by atoms with Crippen molar-refractivity contribution in [1.29, 1.82) is 0 Å². The fourth-order valence-corrected chi connectivity index (χ4v) is 2.42. The molecule has 104 valence electrons. The summed E-state index contributed by atoms with van der Waals surface area (Å²) in [7, 11) is 0. The van der Waals surface area contributed by atoms with E-state index in [-0.39, 0.29) is 6.03 Å². The Bertz CT molecular complexity index is 434. The number of anilines is 1. The van der Waals surface area contributed by atoms with Crippen LogP contribution in [-0.4, -0.2) is 30.6 Å². The van der Waals surface area contributed by atoms with Crippen molar-refractivity contribution in [3.63, 3.8) is 0 Å². The zero-order valence-corrected chi connectivity index (χ0v) is 11.7. The van der Waals surface area contributed by atoms with E-state index in [1.54, 1.807) is 0 Å². The maximum atomic E-state index is 12.2. The Labute approximate surface area is 114 Å². The fraction of sp³-hybridized carbons (Fsp3) is 0.533. The van der Waals surface area contributed by atoms with Gasteiger partial charge in [0.1, 0.15) is 5.75 Å². The molecule has 0 spiro atoms. The molecule has 1 aliphatic heterocycles. The van der Waals surface area contributed by atoms with Crippen LogP contribution in [0, 0.1) is 5.92 Å². The van der Waals surface area contributed by atoms with Crippen LogP contribution in [0.4, 0.5) is 10.5 Å². The van der Waals surface area contributed by atoms with E-state index in [4.69, 9.17) is 4.74 Å². The molecule has 0 bridgehead atoms. The van der Waals surface area contributed by atoms with Gasteiger partial charge >= 0.3 is 6.03 Å². The smallest absolute Gasteiger partial charge is 0.321 e. The first-order valence-electron chi connectivity index (χ1n) is 6.98. The Hall–Kier alpha value is -1.71. The van der Waals surface area contributed by atoms with Gasteiger partial charge in [0.15, 0.2) is 0 Å². The molecular weight excluding hydrogens is 240 g/mol. The highest BCUT2D eigenvalue weighted by Gasteiger charge is 2.21. The number of nitrogens with one attached hydrogen (secondary N) is 1. The highest BCUT2D eigenvalue weighted by molar-refractivity contribution is 5.91. The molecule has 1 aromatic carbocycles. The van der Waals surface area contributed by atoms with Crippen LogP contribution < -0.4 is 10.1 Å². The summed E-state index contributed by atoms with van der Waals surface area (Å²) < 4.78 is 5.51. The van der Waals surface area contributed by atoms with Gasteiger partial charge in [0.2, 0.25) is 0 Å². The molecule has 1 fully saturated rings. The minimum atomic E-state index is -0.0290. The second kappa shape index (κ2) is 6.45. The Morgan fingerprint density at radius 3 is 3.00 bits per heavy atom. The quantitative estimate of drug-likeness (QED) is 0.907. The van der Waals surface area contributed by atoms with Crippen molar-refractivity contribution in [2.45, 2.75) is 26.7 Å². The number of amides is 2. The number of benzene rings is 1. The van der Waals surface area contributed by atoms with Crippen molar-refractivity contribution in [3.8, 4) is 5.75 Å². The van der Waals surface area contributed by atoms with Crippen molar-refractivity contribution >= 4 is 11.7 Å². The molecule has 4 heteroatoms. The number of para-hydroxylation sites is 2. The van der Waals surface area contributed by atoms with Crippen LogP contribution in [0.25, 0.3) is 0 Å². The molecule has 1 atom stereocenters. The average Bonchev–Trinajstić information content (AvgIpc) is 2.41. The van der Waals surface area contributed by atoms with Crippen molar-refractivity contribution in [3.05, 3.63) is 24.3 Å². The first kappa shape index (κ1) is 13.7. The Kier molecular flexibility index (Phi) is 4.66. The molecule has 0 aromatic heterocycles. The number of ether oxygens (including phenoxy) is 1. The summed E-state index contributed by atoms with van der Waals surface area (Å²) in [6.45, 7) is 6.39. The lowest BCUT2D eigenvalue weighted by atomic mass is 10.0. The molecule has 0 radical (unpaired) electrons. The molecule has 2 rings (SSSR count). The minimum Gasteiger partial charge on any atom is -0.492 e. The number of nitrogens with zero attached hydrogens (tertiary/aromatic N) is 1. The van der Waals surface area contributed by atoms with E-state index in [1.807, 2.05) is 36.1 Å². The fourth-order valence-electron chi connectivity index (χ4n) is 2.42. The number of carbonyl (C=O) groups excluding carboxylic acids is 1. The standard InChI is InChI=1S/C15H22N2O2/c1-3-19-14-9-5-4-8-13(14)16-15(18)17-10-6-7-12(2)11-17/h4-5,8-9,12H,3,6-7,10-11H2,1-2H3,(H,16,18). The van der Waals surface area contributed by atoms with Gasteiger partial charge in [-0.3, -0.25) is 0 Å². The monoisotopic (exact) mass is 262 g/mol. The second-order valence-corrected chi connectivity index (χ2v) is 5.05. The summed E-state index contributed by atoms with van der Waals surface area (Å²) in [5, 5.41) is 2.95.